The van der Waals surface area contributed by atoms with E-state index < -0.39 is 75.6 Å². The van der Waals surface area contributed by atoms with E-state index in [-0.39, 0.29) is 11.6 Å². The molecule has 8 N–H and O–H groups in total. The van der Waals surface area contributed by atoms with E-state index in [9.17, 15) is 45.6 Å². The SMILES string of the molecule is N[C@H]1CN(C(=O)NS(=O)(=O)NN(CC(=O)O)C(=O)c2cc(=O)c(O)c[nH]2)C1=O.O=C(O)C(F)(F)F. The molecule has 0 aromatic carbocycles. The molecule has 2 heterocycles. The smallest absolute Gasteiger partial charge is 0.490 e. The summed E-state index contributed by atoms with van der Waals surface area (Å²) < 4.78 is 57.2. The lowest BCUT2D eigenvalue weighted by atomic mass is 10.1. The van der Waals surface area contributed by atoms with Crippen LogP contribution in [0.15, 0.2) is 17.1 Å². The van der Waals surface area contributed by atoms with Crippen molar-refractivity contribution in [3.8, 4) is 5.75 Å². The van der Waals surface area contributed by atoms with Gasteiger partial charge in [0.15, 0.2) is 5.75 Å². The zero-order chi connectivity index (χ0) is 27.3. The number of carboxylic acid groups (broad SMARTS) is 2. The number of carboxylic acids is 2. The van der Waals surface area contributed by atoms with Crippen molar-refractivity contribution in [2.24, 2.45) is 5.73 Å². The summed E-state index contributed by atoms with van der Waals surface area (Å²) in [7, 11) is -4.84. The quantitative estimate of drug-likeness (QED) is 0.142. The second-order valence-corrected chi connectivity index (χ2v) is 7.63. The molecule has 0 saturated carbocycles. The third kappa shape index (κ3) is 8.24. The van der Waals surface area contributed by atoms with Crippen LogP contribution in [0.1, 0.15) is 10.5 Å². The van der Waals surface area contributed by atoms with Crippen LogP contribution in [0.4, 0.5) is 18.0 Å². The Bertz CT molecular complexity index is 1200. The lowest BCUT2D eigenvalue weighted by molar-refractivity contribution is -0.192. The van der Waals surface area contributed by atoms with Crippen molar-refractivity contribution < 1.29 is 60.9 Å². The van der Waals surface area contributed by atoms with Gasteiger partial charge in [0.1, 0.15) is 18.3 Å². The first-order chi connectivity index (χ1) is 15.9. The zero-order valence-corrected chi connectivity index (χ0v) is 17.6. The average molecular weight is 532 g/mol. The third-order valence-electron chi connectivity index (χ3n) is 3.56. The predicted molar refractivity (Wildman–Crippen MR) is 101 cm³/mol. The molecule has 0 aliphatic carbocycles. The number of hydrazine groups is 1. The first-order valence-corrected chi connectivity index (χ1v) is 10.0. The van der Waals surface area contributed by atoms with E-state index in [1.165, 1.54) is 9.55 Å². The maximum Gasteiger partial charge on any atom is 0.490 e. The second kappa shape index (κ2) is 10.8. The molecule has 4 amide bonds. The predicted octanol–water partition coefficient (Wildman–Crippen LogP) is -3.13. The van der Waals surface area contributed by atoms with Gasteiger partial charge in [-0.3, -0.25) is 24.1 Å². The number of nitrogens with zero attached hydrogens (tertiary/aromatic N) is 2. The number of likely N-dealkylation sites (tertiary alicyclic amines) is 1. The number of aromatic hydroxyl groups is 1. The van der Waals surface area contributed by atoms with E-state index in [2.05, 4.69) is 4.98 Å². The van der Waals surface area contributed by atoms with Crippen molar-refractivity contribution in [1.29, 1.82) is 0 Å². The molecule has 1 aliphatic heterocycles. The molecule has 0 spiro atoms. The number of aromatic nitrogens is 1. The van der Waals surface area contributed by atoms with Crippen LogP contribution < -0.4 is 20.7 Å². The van der Waals surface area contributed by atoms with Gasteiger partial charge in [0.05, 0.1) is 6.54 Å². The summed E-state index contributed by atoms with van der Waals surface area (Å²) in [4.78, 5) is 70.8. The van der Waals surface area contributed by atoms with Crippen LogP contribution in [0.2, 0.25) is 0 Å². The number of rotatable bonds is 6. The van der Waals surface area contributed by atoms with Crippen LogP contribution in [-0.2, 0) is 24.6 Å². The van der Waals surface area contributed by atoms with Crippen LogP contribution in [0, 0.1) is 0 Å². The van der Waals surface area contributed by atoms with Crippen molar-refractivity contribution >= 4 is 40.0 Å². The molecule has 0 unspecified atom stereocenters. The molecule has 17 nitrogen and oxygen atoms in total. The number of halogens is 3. The number of aliphatic carboxylic acids is 2. The number of nitrogens with one attached hydrogen (secondary N) is 3. The largest absolute Gasteiger partial charge is 0.503 e. The number of carbonyl (C=O) groups excluding carboxylic acids is 3. The standard InChI is InChI=1S/C12H14N6O9S.C2HF3O2/c13-5-3-17(10(5)23)12(25)15-28(26,27)16-18(4-9(21)22)11(24)6-1-7(19)8(20)2-14-6;3-2(4,5)1(6)7/h1-2,5,16,20H,3-4,13H2,(H,14,19)(H,15,25)(H,21,22);(H,6,7)/t5-;/m0./s1. The van der Waals surface area contributed by atoms with Crippen molar-refractivity contribution in [2.75, 3.05) is 13.1 Å². The summed E-state index contributed by atoms with van der Waals surface area (Å²) in [6.07, 6.45) is -4.34. The van der Waals surface area contributed by atoms with Crippen LogP contribution in [0.25, 0.3) is 0 Å². The summed E-state index contributed by atoms with van der Waals surface area (Å²) in [5.74, 6) is -7.25. The molecular weight excluding hydrogens is 517 g/mol. The van der Waals surface area contributed by atoms with Crippen molar-refractivity contribution in [1.82, 2.24) is 24.4 Å². The molecule has 1 aromatic heterocycles. The molecule has 1 fully saturated rings. The Morgan fingerprint density at radius 2 is 1.77 bits per heavy atom. The summed E-state index contributed by atoms with van der Waals surface area (Å²) in [6, 6.07) is -1.70. The maximum atomic E-state index is 12.3. The van der Waals surface area contributed by atoms with Gasteiger partial charge >= 0.3 is 34.4 Å². The Balaban J connectivity index is 0.000000762. The number of β-lactam (4-membered cyclic amide) rings is 1. The van der Waals surface area contributed by atoms with Gasteiger partial charge < -0.3 is 26.0 Å². The highest BCUT2D eigenvalue weighted by molar-refractivity contribution is 7.88. The van der Waals surface area contributed by atoms with E-state index in [0.717, 1.165) is 6.20 Å². The Labute approximate surface area is 191 Å². The monoisotopic (exact) mass is 532 g/mol. The minimum Gasteiger partial charge on any atom is -0.503 e. The van der Waals surface area contributed by atoms with Crippen LogP contribution in [-0.4, -0.2) is 93.7 Å². The van der Waals surface area contributed by atoms with Gasteiger partial charge in [0.2, 0.25) is 11.3 Å². The third-order valence-corrected chi connectivity index (χ3v) is 4.47. The van der Waals surface area contributed by atoms with Gasteiger partial charge in [-0.05, 0) is 0 Å². The maximum absolute atomic E-state index is 12.3. The Morgan fingerprint density at radius 3 is 2.17 bits per heavy atom. The number of imide groups is 1. The van der Waals surface area contributed by atoms with E-state index in [1.54, 1.807) is 0 Å². The van der Waals surface area contributed by atoms with E-state index in [0.29, 0.717) is 11.0 Å². The number of aromatic amines is 1. The van der Waals surface area contributed by atoms with Crippen LogP contribution in [0.3, 0.4) is 0 Å². The number of hydrogen-bond acceptors (Lipinski definition) is 10. The summed E-state index contributed by atoms with van der Waals surface area (Å²) in [5, 5.41) is 25.2. The van der Waals surface area contributed by atoms with Crippen LogP contribution >= 0.6 is 0 Å². The van der Waals surface area contributed by atoms with Gasteiger partial charge in [0, 0.05) is 12.3 Å². The fourth-order valence-corrected chi connectivity index (χ4v) is 2.81. The summed E-state index contributed by atoms with van der Waals surface area (Å²) in [6.45, 7) is -1.42. The number of amides is 4. The molecule has 1 atom stereocenters. The van der Waals surface area contributed by atoms with E-state index in [4.69, 9.17) is 25.8 Å². The first kappa shape index (κ1) is 28.8. The number of alkyl halides is 3. The molecule has 1 saturated heterocycles. The number of H-pyrrole nitrogens is 1. The highest BCUT2D eigenvalue weighted by atomic mass is 32.2. The molecular formula is C14H15F3N6O11S. The first-order valence-electron chi connectivity index (χ1n) is 8.52. The number of hydrogen-bond donors (Lipinski definition) is 7. The van der Waals surface area contributed by atoms with Crippen LogP contribution in [0.5, 0.6) is 5.75 Å². The minimum atomic E-state index is -5.08. The molecule has 0 radical (unpaired) electrons. The minimum absolute atomic E-state index is 0.0733. The van der Waals surface area contributed by atoms with Gasteiger partial charge in [-0.15, -0.1) is 4.83 Å². The number of urea groups is 1. The number of nitrogens with two attached hydrogens (primary N) is 1. The van der Waals surface area contributed by atoms with Crippen molar-refractivity contribution in [3.63, 3.8) is 0 Å². The molecule has 2 rings (SSSR count). The zero-order valence-electron chi connectivity index (χ0n) is 16.8. The highest BCUT2D eigenvalue weighted by Crippen LogP contribution is 2.13. The fraction of sp³-hybridized carbons (Fsp3) is 0.286. The van der Waals surface area contributed by atoms with Gasteiger partial charge in [0.25, 0.3) is 5.91 Å². The van der Waals surface area contributed by atoms with Gasteiger partial charge in [-0.1, -0.05) is 0 Å². The van der Waals surface area contributed by atoms with Gasteiger partial charge in [-0.25, -0.2) is 19.3 Å². The van der Waals surface area contributed by atoms with Crippen molar-refractivity contribution in [2.45, 2.75) is 12.2 Å². The summed E-state index contributed by atoms with van der Waals surface area (Å²) >= 11 is 0. The Kier molecular flexibility index (Phi) is 8.88. The van der Waals surface area contributed by atoms with Gasteiger partial charge in [-0.2, -0.15) is 21.6 Å². The summed E-state index contributed by atoms with van der Waals surface area (Å²) in [5.41, 5.74) is 3.74. The normalized spacial score (nSPS) is 15.3. The topological polar surface area (TPSA) is 270 Å². The Hall–Kier alpha value is -4.24. The molecule has 194 valence electrons. The van der Waals surface area contributed by atoms with Crippen molar-refractivity contribution in [3.05, 3.63) is 28.2 Å². The van der Waals surface area contributed by atoms with E-state index in [1.807, 2.05) is 0 Å². The average Bonchev–Trinajstić information content (AvgIpc) is 2.71. The molecule has 1 aliphatic rings. The molecule has 35 heavy (non-hydrogen) atoms. The number of pyridine rings is 1. The fourth-order valence-electron chi connectivity index (χ4n) is 1.99. The number of carbonyl (C=O) groups is 5. The van der Waals surface area contributed by atoms with E-state index >= 15 is 0 Å². The molecule has 1 aromatic rings. The molecule has 0 bridgehead atoms. The molecule has 21 heteroatoms. The highest BCUT2D eigenvalue weighted by Gasteiger charge is 2.40. The lowest BCUT2D eigenvalue weighted by Crippen LogP contribution is -2.66. The lowest BCUT2D eigenvalue weighted by Gasteiger charge is -2.33. The second-order valence-electron chi connectivity index (χ2n) is 6.24. The Morgan fingerprint density at radius 1 is 1.23 bits per heavy atom.